The highest BCUT2D eigenvalue weighted by Crippen LogP contribution is 2.49. The van der Waals surface area contributed by atoms with Crippen LogP contribution in [0.25, 0.3) is 0 Å². The van der Waals surface area contributed by atoms with Crippen LogP contribution in [0, 0.1) is 23.2 Å². The van der Waals surface area contributed by atoms with Crippen molar-refractivity contribution >= 4 is 11.8 Å². The molecule has 3 aliphatic rings. The second-order valence-corrected chi connectivity index (χ2v) is 8.42. The molecule has 2 amide bonds. The smallest absolute Gasteiger partial charge is 0.245 e. The molecule has 1 N–H and O–H groups in total. The van der Waals surface area contributed by atoms with E-state index in [1.54, 1.807) is 6.92 Å². The normalized spacial score (nSPS) is 39.8. The van der Waals surface area contributed by atoms with Gasteiger partial charge in [0.1, 0.15) is 12.1 Å². The summed E-state index contributed by atoms with van der Waals surface area (Å²) in [7, 11) is 0. The van der Waals surface area contributed by atoms with Gasteiger partial charge in [-0.15, -0.1) is 0 Å². The Hall–Kier alpha value is -1.06. The monoisotopic (exact) mass is 292 g/mol. The topological polar surface area (TPSA) is 49.4 Å². The van der Waals surface area contributed by atoms with E-state index in [1.165, 1.54) is 25.7 Å². The van der Waals surface area contributed by atoms with Crippen LogP contribution in [0.2, 0.25) is 0 Å². The quantitative estimate of drug-likeness (QED) is 0.848. The zero-order valence-electron chi connectivity index (χ0n) is 13.7. The van der Waals surface area contributed by atoms with Crippen molar-refractivity contribution in [3.8, 4) is 0 Å². The lowest BCUT2D eigenvalue weighted by Crippen LogP contribution is -2.66. The minimum Gasteiger partial charge on any atom is -0.343 e. The number of rotatable bonds is 2. The van der Waals surface area contributed by atoms with Crippen molar-refractivity contribution in [3.05, 3.63) is 0 Å². The Kier molecular flexibility index (Phi) is 3.53. The Bertz CT molecular complexity index is 454. The van der Waals surface area contributed by atoms with Crippen LogP contribution in [0.15, 0.2) is 0 Å². The van der Waals surface area contributed by atoms with Gasteiger partial charge in [0.2, 0.25) is 11.8 Å². The number of carbonyl (C=O) groups is 2. The van der Waals surface area contributed by atoms with E-state index in [0.717, 1.165) is 18.4 Å². The van der Waals surface area contributed by atoms with E-state index < -0.39 is 0 Å². The van der Waals surface area contributed by atoms with Gasteiger partial charge >= 0.3 is 0 Å². The molecule has 3 fully saturated rings. The van der Waals surface area contributed by atoms with Gasteiger partial charge in [-0.1, -0.05) is 27.2 Å². The maximum absolute atomic E-state index is 12.6. The molecule has 0 aromatic heterocycles. The van der Waals surface area contributed by atoms with Crippen LogP contribution in [-0.4, -0.2) is 35.3 Å². The predicted molar refractivity (Wildman–Crippen MR) is 81.5 cm³/mol. The van der Waals surface area contributed by atoms with E-state index in [-0.39, 0.29) is 29.3 Å². The van der Waals surface area contributed by atoms with Gasteiger partial charge < -0.3 is 10.2 Å². The first-order valence-electron chi connectivity index (χ1n) is 8.38. The van der Waals surface area contributed by atoms with Crippen molar-refractivity contribution in [3.63, 3.8) is 0 Å². The van der Waals surface area contributed by atoms with Crippen LogP contribution in [0.3, 0.4) is 0 Å². The first-order valence-corrected chi connectivity index (χ1v) is 8.38. The number of amides is 2. The van der Waals surface area contributed by atoms with E-state index >= 15 is 0 Å². The Labute approximate surface area is 127 Å². The molecule has 4 heteroatoms. The summed E-state index contributed by atoms with van der Waals surface area (Å²) in [5, 5.41) is 2.84. The SMILES string of the molecule is CC1NC(=O)C(C(C)(C)C)N(CC2CC3CCC2C3)C1=O. The molecular weight excluding hydrogens is 264 g/mol. The Morgan fingerprint density at radius 1 is 1.19 bits per heavy atom. The van der Waals surface area contributed by atoms with E-state index in [9.17, 15) is 9.59 Å². The van der Waals surface area contributed by atoms with Crippen molar-refractivity contribution in [1.29, 1.82) is 0 Å². The summed E-state index contributed by atoms with van der Waals surface area (Å²) >= 11 is 0. The third kappa shape index (κ3) is 2.58. The first-order chi connectivity index (χ1) is 9.77. The molecule has 2 aliphatic carbocycles. The van der Waals surface area contributed by atoms with Crippen LogP contribution in [0.5, 0.6) is 0 Å². The number of piperazine rings is 1. The van der Waals surface area contributed by atoms with Gasteiger partial charge in [-0.05, 0) is 49.4 Å². The molecule has 0 aromatic carbocycles. The van der Waals surface area contributed by atoms with Gasteiger partial charge in [0, 0.05) is 6.54 Å². The maximum atomic E-state index is 12.6. The molecule has 2 bridgehead atoms. The second kappa shape index (κ2) is 4.99. The molecule has 5 unspecified atom stereocenters. The van der Waals surface area contributed by atoms with Crippen molar-refractivity contribution < 1.29 is 9.59 Å². The average Bonchev–Trinajstić information content (AvgIpc) is 2.95. The summed E-state index contributed by atoms with van der Waals surface area (Å²) in [6.45, 7) is 8.73. The van der Waals surface area contributed by atoms with Gasteiger partial charge in [-0.25, -0.2) is 0 Å². The summed E-state index contributed by atoms with van der Waals surface area (Å²) in [5.74, 6) is 2.37. The molecular formula is C17H28N2O2. The molecule has 3 rings (SSSR count). The largest absolute Gasteiger partial charge is 0.343 e. The van der Waals surface area contributed by atoms with Crippen molar-refractivity contribution in [2.75, 3.05) is 6.54 Å². The fraction of sp³-hybridized carbons (Fsp3) is 0.882. The van der Waals surface area contributed by atoms with E-state index in [4.69, 9.17) is 0 Å². The van der Waals surface area contributed by atoms with E-state index in [2.05, 4.69) is 5.32 Å². The number of nitrogens with zero attached hydrogens (tertiary/aromatic N) is 1. The summed E-state index contributed by atoms with van der Waals surface area (Å²) in [6, 6.07) is -0.713. The third-order valence-corrected chi connectivity index (χ3v) is 5.71. The Balaban J connectivity index is 1.81. The van der Waals surface area contributed by atoms with Crippen molar-refractivity contribution in [2.45, 2.75) is 65.5 Å². The summed E-state index contributed by atoms with van der Waals surface area (Å²) in [5.41, 5.74) is -0.225. The fourth-order valence-corrected chi connectivity index (χ4v) is 4.78. The van der Waals surface area contributed by atoms with Crippen LogP contribution < -0.4 is 5.32 Å². The van der Waals surface area contributed by atoms with Crippen molar-refractivity contribution in [1.82, 2.24) is 10.2 Å². The first kappa shape index (κ1) is 14.9. The minimum atomic E-state index is -0.380. The highest BCUT2D eigenvalue weighted by atomic mass is 16.2. The number of hydrogen-bond donors (Lipinski definition) is 1. The summed E-state index contributed by atoms with van der Waals surface area (Å²) in [6.07, 6.45) is 5.28. The van der Waals surface area contributed by atoms with Gasteiger partial charge in [-0.2, -0.15) is 0 Å². The van der Waals surface area contributed by atoms with Crippen LogP contribution in [-0.2, 0) is 9.59 Å². The lowest BCUT2D eigenvalue weighted by Gasteiger charge is -2.45. The van der Waals surface area contributed by atoms with Gasteiger partial charge in [0.15, 0.2) is 0 Å². The molecule has 21 heavy (non-hydrogen) atoms. The number of fused-ring (bicyclic) bond motifs is 2. The second-order valence-electron chi connectivity index (χ2n) is 8.42. The molecule has 0 spiro atoms. The summed E-state index contributed by atoms with van der Waals surface area (Å²) in [4.78, 5) is 27.0. The number of nitrogens with one attached hydrogen (secondary N) is 1. The lowest BCUT2D eigenvalue weighted by atomic mass is 9.81. The van der Waals surface area contributed by atoms with Crippen LogP contribution in [0.4, 0.5) is 0 Å². The minimum absolute atomic E-state index is 0.0118. The van der Waals surface area contributed by atoms with Crippen molar-refractivity contribution in [2.24, 2.45) is 23.2 Å². The molecule has 1 saturated heterocycles. The molecule has 5 atom stereocenters. The fourth-order valence-electron chi connectivity index (χ4n) is 4.78. The maximum Gasteiger partial charge on any atom is 0.245 e. The van der Waals surface area contributed by atoms with Gasteiger partial charge in [0.25, 0.3) is 0 Å². The van der Waals surface area contributed by atoms with E-state index in [0.29, 0.717) is 5.92 Å². The molecule has 118 valence electrons. The molecule has 1 heterocycles. The highest BCUT2D eigenvalue weighted by molar-refractivity contribution is 5.97. The zero-order valence-corrected chi connectivity index (χ0v) is 13.7. The predicted octanol–water partition coefficient (Wildman–Crippen LogP) is 2.18. The van der Waals surface area contributed by atoms with Gasteiger partial charge in [-0.3, -0.25) is 9.59 Å². The average molecular weight is 292 g/mol. The number of hydrogen-bond acceptors (Lipinski definition) is 2. The summed E-state index contributed by atoms with van der Waals surface area (Å²) < 4.78 is 0. The highest BCUT2D eigenvalue weighted by Gasteiger charge is 2.48. The molecule has 0 radical (unpaired) electrons. The Morgan fingerprint density at radius 3 is 2.43 bits per heavy atom. The standard InChI is InChI=1S/C17H28N2O2/c1-10-16(21)19(14(15(20)18-10)17(2,3)4)9-13-8-11-5-6-12(13)7-11/h10-14H,5-9H2,1-4H3,(H,18,20). The molecule has 4 nitrogen and oxygen atoms in total. The third-order valence-electron chi connectivity index (χ3n) is 5.71. The molecule has 0 aromatic rings. The van der Waals surface area contributed by atoms with E-state index in [1.807, 2.05) is 25.7 Å². The number of carbonyl (C=O) groups excluding carboxylic acids is 2. The Morgan fingerprint density at radius 2 is 1.90 bits per heavy atom. The van der Waals surface area contributed by atoms with Crippen LogP contribution in [0.1, 0.15) is 53.4 Å². The van der Waals surface area contributed by atoms with Gasteiger partial charge in [0.05, 0.1) is 0 Å². The zero-order chi connectivity index (χ0) is 15.4. The molecule has 1 aliphatic heterocycles. The van der Waals surface area contributed by atoms with Crippen LogP contribution >= 0.6 is 0 Å². The lowest BCUT2D eigenvalue weighted by molar-refractivity contribution is -0.154. The molecule has 2 saturated carbocycles.